The van der Waals surface area contributed by atoms with Crippen molar-refractivity contribution in [1.82, 2.24) is 4.72 Å². The van der Waals surface area contributed by atoms with Gasteiger partial charge in [0.05, 0.1) is 16.5 Å². The van der Waals surface area contributed by atoms with Crippen LogP contribution in [0.25, 0.3) is 0 Å². The Morgan fingerprint density at radius 2 is 2.15 bits per heavy atom. The average Bonchev–Trinajstić information content (AvgIpc) is 2.64. The van der Waals surface area contributed by atoms with Gasteiger partial charge in [-0.15, -0.1) is 0 Å². The Hall–Kier alpha value is -0.820. The SMILES string of the molecule is Cc1c(N)cc(S(=O)(=O)NC2(C)CCOC2C)cc1Cl. The number of halogens is 1. The smallest absolute Gasteiger partial charge is 0.241 e. The van der Waals surface area contributed by atoms with Crippen LogP contribution in [0.1, 0.15) is 25.8 Å². The van der Waals surface area contributed by atoms with Crippen molar-refractivity contribution in [3.05, 3.63) is 22.7 Å². The van der Waals surface area contributed by atoms with Crippen molar-refractivity contribution < 1.29 is 13.2 Å². The number of hydrogen-bond donors (Lipinski definition) is 2. The third-order valence-electron chi connectivity index (χ3n) is 3.92. The topological polar surface area (TPSA) is 81.4 Å². The molecule has 0 bridgehead atoms. The van der Waals surface area contributed by atoms with E-state index in [1.54, 1.807) is 6.92 Å². The number of rotatable bonds is 3. The highest BCUT2D eigenvalue weighted by molar-refractivity contribution is 7.89. The number of benzene rings is 1. The summed E-state index contributed by atoms with van der Waals surface area (Å²) in [5, 5.41) is 0.339. The van der Waals surface area contributed by atoms with Gasteiger partial charge in [0.1, 0.15) is 0 Å². The molecule has 1 fully saturated rings. The van der Waals surface area contributed by atoms with Crippen LogP contribution in [0.3, 0.4) is 0 Å². The number of nitrogen functional groups attached to an aromatic ring is 1. The molecule has 0 spiro atoms. The van der Waals surface area contributed by atoms with E-state index in [0.29, 0.717) is 29.3 Å². The molecule has 1 aromatic rings. The highest BCUT2D eigenvalue weighted by atomic mass is 35.5. The van der Waals surface area contributed by atoms with Gasteiger partial charge in [0.15, 0.2) is 0 Å². The lowest BCUT2D eigenvalue weighted by Crippen LogP contribution is -2.50. The van der Waals surface area contributed by atoms with Gasteiger partial charge in [0.25, 0.3) is 0 Å². The lowest BCUT2D eigenvalue weighted by molar-refractivity contribution is 0.0957. The molecule has 1 aliphatic heterocycles. The van der Waals surface area contributed by atoms with E-state index in [0.717, 1.165) is 0 Å². The normalized spacial score (nSPS) is 26.9. The van der Waals surface area contributed by atoms with Gasteiger partial charge in [0, 0.05) is 17.3 Å². The van der Waals surface area contributed by atoms with E-state index in [-0.39, 0.29) is 11.0 Å². The van der Waals surface area contributed by atoms with Crippen molar-refractivity contribution in [3.8, 4) is 0 Å². The highest BCUT2D eigenvalue weighted by Gasteiger charge is 2.40. The Balaban J connectivity index is 2.36. The molecule has 0 amide bonds. The van der Waals surface area contributed by atoms with Gasteiger partial charge in [-0.1, -0.05) is 11.6 Å². The molecule has 20 heavy (non-hydrogen) atoms. The number of nitrogens with two attached hydrogens (primary N) is 1. The minimum absolute atomic E-state index is 0.0749. The summed E-state index contributed by atoms with van der Waals surface area (Å²) in [6.07, 6.45) is 0.443. The van der Waals surface area contributed by atoms with Crippen LogP contribution < -0.4 is 10.5 Å². The maximum Gasteiger partial charge on any atom is 0.241 e. The predicted molar refractivity (Wildman–Crippen MR) is 79.4 cm³/mol. The summed E-state index contributed by atoms with van der Waals surface area (Å²) in [5.41, 5.74) is 6.20. The van der Waals surface area contributed by atoms with Gasteiger partial charge >= 0.3 is 0 Å². The number of ether oxygens (including phenoxy) is 1. The summed E-state index contributed by atoms with van der Waals surface area (Å²) < 4.78 is 33.1. The number of sulfonamides is 1. The monoisotopic (exact) mass is 318 g/mol. The summed E-state index contributed by atoms with van der Waals surface area (Å²) in [6, 6.07) is 2.84. The second-order valence-electron chi connectivity index (χ2n) is 5.41. The Morgan fingerprint density at radius 3 is 2.65 bits per heavy atom. The van der Waals surface area contributed by atoms with E-state index in [1.165, 1.54) is 12.1 Å². The zero-order chi connectivity index (χ0) is 15.1. The van der Waals surface area contributed by atoms with Crippen LogP contribution in [-0.2, 0) is 14.8 Å². The van der Waals surface area contributed by atoms with E-state index in [2.05, 4.69) is 4.72 Å². The summed E-state index contributed by atoms with van der Waals surface area (Å²) >= 11 is 6.01. The van der Waals surface area contributed by atoms with Crippen LogP contribution >= 0.6 is 11.6 Å². The molecule has 0 saturated carbocycles. The van der Waals surface area contributed by atoms with E-state index in [1.807, 2.05) is 13.8 Å². The number of hydrogen-bond acceptors (Lipinski definition) is 4. The van der Waals surface area contributed by atoms with E-state index in [4.69, 9.17) is 22.1 Å². The Labute approximate surface area is 124 Å². The molecule has 0 aliphatic carbocycles. The van der Waals surface area contributed by atoms with Crippen molar-refractivity contribution in [1.29, 1.82) is 0 Å². The molecule has 1 heterocycles. The molecule has 1 aromatic carbocycles. The van der Waals surface area contributed by atoms with Gasteiger partial charge in [-0.05, 0) is 44.9 Å². The molecule has 7 heteroatoms. The van der Waals surface area contributed by atoms with E-state index < -0.39 is 15.6 Å². The van der Waals surface area contributed by atoms with Gasteiger partial charge in [-0.2, -0.15) is 0 Å². The van der Waals surface area contributed by atoms with Crippen molar-refractivity contribution in [2.75, 3.05) is 12.3 Å². The molecular weight excluding hydrogens is 300 g/mol. The molecule has 0 aromatic heterocycles. The van der Waals surface area contributed by atoms with Crippen LogP contribution in [0.15, 0.2) is 17.0 Å². The van der Waals surface area contributed by atoms with Gasteiger partial charge < -0.3 is 10.5 Å². The van der Waals surface area contributed by atoms with E-state index in [9.17, 15) is 8.42 Å². The van der Waals surface area contributed by atoms with Crippen molar-refractivity contribution in [3.63, 3.8) is 0 Å². The largest absolute Gasteiger partial charge is 0.398 e. The average molecular weight is 319 g/mol. The van der Waals surface area contributed by atoms with Crippen molar-refractivity contribution in [2.24, 2.45) is 0 Å². The minimum atomic E-state index is -3.69. The van der Waals surface area contributed by atoms with Crippen LogP contribution in [-0.4, -0.2) is 26.7 Å². The molecular formula is C13H19ClN2O3S. The quantitative estimate of drug-likeness (QED) is 0.836. The fourth-order valence-corrected chi connectivity index (χ4v) is 4.01. The summed E-state index contributed by atoms with van der Waals surface area (Å²) in [6.45, 7) is 5.97. The lowest BCUT2D eigenvalue weighted by Gasteiger charge is -2.28. The molecule has 3 N–H and O–H groups in total. The maximum atomic E-state index is 12.5. The predicted octanol–water partition coefficient (Wildman–Crippen LogP) is 2.08. The number of nitrogens with one attached hydrogen (secondary N) is 1. The first-order valence-corrected chi connectivity index (χ1v) is 8.23. The Kier molecular flexibility index (Phi) is 4.03. The van der Waals surface area contributed by atoms with Gasteiger partial charge in [0.2, 0.25) is 10.0 Å². The molecule has 2 rings (SSSR count). The molecule has 1 saturated heterocycles. The second kappa shape index (κ2) is 5.18. The molecule has 112 valence electrons. The number of anilines is 1. The summed E-state index contributed by atoms with van der Waals surface area (Å²) in [5.74, 6) is 0. The Bertz CT molecular complexity index is 609. The van der Waals surface area contributed by atoms with Crippen molar-refractivity contribution in [2.45, 2.75) is 43.7 Å². The second-order valence-corrected chi connectivity index (χ2v) is 7.49. The van der Waals surface area contributed by atoms with E-state index >= 15 is 0 Å². The first-order valence-electron chi connectivity index (χ1n) is 6.37. The molecule has 5 nitrogen and oxygen atoms in total. The molecule has 2 atom stereocenters. The van der Waals surface area contributed by atoms with Gasteiger partial charge in [-0.3, -0.25) is 0 Å². The standard InChI is InChI=1S/C13H19ClN2O3S/c1-8-11(14)6-10(7-12(8)15)20(17,18)16-13(3)4-5-19-9(13)2/h6-7,9,16H,4-5,15H2,1-3H3. The third-order valence-corrected chi connectivity index (χ3v) is 5.91. The first-order chi connectivity index (χ1) is 9.16. The van der Waals surface area contributed by atoms with Crippen LogP contribution in [0.5, 0.6) is 0 Å². The molecule has 0 radical (unpaired) electrons. The van der Waals surface area contributed by atoms with Crippen LogP contribution in [0.2, 0.25) is 5.02 Å². The summed E-state index contributed by atoms with van der Waals surface area (Å²) in [4.78, 5) is 0.0749. The Morgan fingerprint density at radius 1 is 1.50 bits per heavy atom. The molecule has 2 unspecified atom stereocenters. The fourth-order valence-electron chi connectivity index (χ4n) is 2.16. The maximum absolute atomic E-state index is 12.5. The zero-order valence-corrected chi connectivity index (χ0v) is 13.3. The first kappa shape index (κ1) is 15.6. The minimum Gasteiger partial charge on any atom is -0.398 e. The molecule has 1 aliphatic rings. The zero-order valence-electron chi connectivity index (χ0n) is 11.7. The van der Waals surface area contributed by atoms with Gasteiger partial charge in [-0.25, -0.2) is 13.1 Å². The van der Waals surface area contributed by atoms with Crippen LogP contribution in [0, 0.1) is 6.92 Å². The highest BCUT2D eigenvalue weighted by Crippen LogP contribution is 2.30. The van der Waals surface area contributed by atoms with Crippen molar-refractivity contribution >= 4 is 27.3 Å². The summed E-state index contributed by atoms with van der Waals surface area (Å²) in [7, 11) is -3.69. The third kappa shape index (κ3) is 2.79. The lowest BCUT2D eigenvalue weighted by atomic mass is 9.97. The van der Waals surface area contributed by atoms with Crippen LogP contribution in [0.4, 0.5) is 5.69 Å². The fraction of sp³-hybridized carbons (Fsp3) is 0.538.